The van der Waals surface area contributed by atoms with Gasteiger partial charge in [-0.3, -0.25) is 4.79 Å². The number of nitrogens with zero attached hydrogens (tertiary/aromatic N) is 1. The molecule has 1 aliphatic rings. The van der Waals surface area contributed by atoms with Crippen molar-refractivity contribution in [2.75, 3.05) is 11.4 Å². The van der Waals surface area contributed by atoms with E-state index >= 15 is 0 Å². The van der Waals surface area contributed by atoms with Gasteiger partial charge >= 0.3 is 0 Å². The van der Waals surface area contributed by atoms with Gasteiger partial charge in [0.1, 0.15) is 12.0 Å². The van der Waals surface area contributed by atoms with Crippen molar-refractivity contribution in [3.63, 3.8) is 0 Å². The fourth-order valence-corrected chi connectivity index (χ4v) is 2.49. The Morgan fingerprint density at radius 2 is 2.16 bits per heavy atom. The molecule has 4 nitrogen and oxygen atoms in total. The third kappa shape index (κ3) is 2.34. The van der Waals surface area contributed by atoms with E-state index in [4.69, 9.17) is 4.42 Å². The number of hydrogen-bond acceptors (Lipinski definition) is 4. The summed E-state index contributed by atoms with van der Waals surface area (Å²) in [4.78, 5) is 13.6. The Morgan fingerprint density at radius 1 is 1.32 bits per heavy atom. The van der Waals surface area contributed by atoms with Crippen molar-refractivity contribution in [2.45, 2.75) is 19.4 Å². The molecular formula is C15H15NO3. The predicted octanol–water partition coefficient (Wildman–Crippen LogP) is 2.30. The lowest BCUT2D eigenvalue weighted by molar-refractivity contribution is 0.410. The van der Waals surface area contributed by atoms with Gasteiger partial charge < -0.3 is 14.4 Å². The number of fused-ring (bicyclic) bond motifs is 1. The first-order chi connectivity index (χ1) is 9.24. The number of aromatic hydroxyl groups is 1. The number of rotatable bonds is 2. The molecule has 0 unspecified atom stereocenters. The number of aryl methyl sites for hydroxylation is 1. The molecule has 1 N–H and O–H groups in total. The highest BCUT2D eigenvalue weighted by Gasteiger charge is 2.17. The van der Waals surface area contributed by atoms with Crippen molar-refractivity contribution in [2.24, 2.45) is 0 Å². The molecule has 0 radical (unpaired) electrons. The van der Waals surface area contributed by atoms with E-state index < -0.39 is 5.43 Å². The van der Waals surface area contributed by atoms with E-state index in [1.807, 2.05) is 12.1 Å². The fourth-order valence-electron chi connectivity index (χ4n) is 2.49. The zero-order chi connectivity index (χ0) is 13.2. The Morgan fingerprint density at radius 3 is 3.00 bits per heavy atom. The van der Waals surface area contributed by atoms with Crippen molar-refractivity contribution in [1.29, 1.82) is 0 Å². The first kappa shape index (κ1) is 11.8. The molecule has 4 heteroatoms. The van der Waals surface area contributed by atoms with Gasteiger partial charge in [-0.05, 0) is 24.5 Å². The summed E-state index contributed by atoms with van der Waals surface area (Å²) in [5, 5.41) is 9.19. The second-order valence-electron chi connectivity index (χ2n) is 4.75. The Kier molecular flexibility index (Phi) is 2.99. The molecular weight excluding hydrogens is 242 g/mol. The maximum atomic E-state index is 11.4. The maximum Gasteiger partial charge on any atom is 0.226 e. The quantitative estimate of drug-likeness (QED) is 0.897. The SMILES string of the molecule is O=c1cc(CN2CCCc3ccccc32)occ1O. The van der Waals surface area contributed by atoms with Crippen LogP contribution in [0.1, 0.15) is 17.7 Å². The minimum Gasteiger partial charge on any atom is -0.502 e. The Balaban J connectivity index is 1.88. The highest BCUT2D eigenvalue weighted by molar-refractivity contribution is 5.55. The second-order valence-corrected chi connectivity index (χ2v) is 4.75. The summed E-state index contributed by atoms with van der Waals surface area (Å²) in [6.07, 6.45) is 3.29. The lowest BCUT2D eigenvalue weighted by atomic mass is 10.0. The van der Waals surface area contributed by atoms with Gasteiger partial charge in [0.25, 0.3) is 0 Å². The Hall–Kier alpha value is -2.23. The molecule has 2 heterocycles. The van der Waals surface area contributed by atoms with Crippen LogP contribution in [0.15, 0.2) is 45.8 Å². The Bertz CT molecular complexity index is 648. The van der Waals surface area contributed by atoms with Crippen molar-refractivity contribution in [3.05, 3.63) is 58.1 Å². The molecule has 0 amide bonds. The van der Waals surface area contributed by atoms with Crippen molar-refractivity contribution < 1.29 is 9.52 Å². The van der Waals surface area contributed by atoms with E-state index in [2.05, 4.69) is 17.0 Å². The molecule has 0 bridgehead atoms. The predicted molar refractivity (Wildman–Crippen MR) is 72.5 cm³/mol. The average molecular weight is 257 g/mol. The summed E-state index contributed by atoms with van der Waals surface area (Å²) >= 11 is 0. The van der Waals surface area contributed by atoms with Gasteiger partial charge in [0, 0.05) is 18.3 Å². The van der Waals surface area contributed by atoms with Crippen LogP contribution >= 0.6 is 0 Å². The molecule has 0 spiro atoms. The van der Waals surface area contributed by atoms with Gasteiger partial charge in [0.15, 0.2) is 5.75 Å². The second kappa shape index (κ2) is 4.80. The molecule has 0 fully saturated rings. The summed E-state index contributed by atoms with van der Waals surface area (Å²) in [6, 6.07) is 9.64. The maximum absolute atomic E-state index is 11.4. The van der Waals surface area contributed by atoms with Gasteiger partial charge in [-0.1, -0.05) is 18.2 Å². The van der Waals surface area contributed by atoms with E-state index in [1.54, 1.807) is 0 Å². The molecule has 1 aromatic heterocycles. The van der Waals surface area contributed by atoms with Crippen LogP contribution in [-0.2, 0) is 13.0 Å². The normalized spacial score (nSPS) is 14.2. The monoisotopic (exact) mass is 257 g/mol. The molecule has 0 atom stereocenters. The third-order valence-corrected chi connectivity index (χ3v) is 3.42. The zero-order valence-electron chi connectivity index (χ0n) is 10.5. The van der Waals surface area contributed by atoms with Crippen LogP contribution in [0.3, 0.4) is 0 Å². The molecule has 0 aliphatic carbocycles. The summed E-state index contributed by atoms with van der Waals surface area (Å²) in [6.45, 7) is 1.49. The van der Waals surface area contributed by atoms with E-state index in [1.165, 1.54) is 17.3 Å². The molecule has 98 valence electrons. The van der Waals surface area contributed by atoms with Crippen LogP contribution in [0.5, 0.6) is 5.75 Å². The van der Waals surface area contributed by atoms with Crippen molar-refractivity contribution >= 4 is 5.69 Å². The first-order valence-electron chi connectivity index (χ1n) is 6.37. The summed E-state index contributed by atoms with van der Waals surface area (Å²) in [7, 11) is 0. The molecule has 19 heavy (non-hydrogen) atoms. The lowest BCUT2D eigenvalue weighted by Crippen LogP contribution is -2.29. The Labute approximate surface area is 110 Å². The minimum absolute atomic E-state index is 0.345. The molecule has 1 aliphatic heterocycles. The van der Waals surface area contributed by atoms with E-state index in [-0.39, 0.29) is 5.75 Å². The number of para-hydroxylation sites is 1. The highest BCUT2D eigenvalue weighted by atomic mass is 16.4. The van der Waals surface area contributed by atoms with E-state index in [9.17, 15) is 9.90 Å². The van der Waals surface area contributed by atoms with E-state index in [0.717, 1.165) is 25.6 Å². The standard InChI is InChI=1S/C15H15NO3/c17-14-8-12(19-10-15(14)18)9-16-7-3-5-11-4-1-2-6-13(11)16/h1-2,4,6,8,10,18H,3,5,7,9H2. The minimum atomic E-state index is -0.397. The smallest absolute Gasteiger partial charge is 0.226 e. The summed E-state index contributed by atoms with van der Waals surface area (Å²) in [5.41, 5.74) is 2.13. The number of hydrogen-bond donors (Lipinski definition) is 1. The molecule has 2 aromatic rings. The van der Waals surface area contributed by atoms with Crippen LogP contribution in [0.25, 0.3) is 0 Å². The summed E-state index contributed by atoms with van der Waals surface area (Å²) < 4.78 is 5.26. The molecule has 0 saturated heterocycles. The number of benzene rings is 1. The highest BCUT2D eigenvalue weighted by Crippen LogP contribution is 2.27. The van der Waals surface area contributed by atoms with Gasteiger partial charge in [-0.25, -0.2) is 0 Å². The van der Waals surface area contributed by atoms with Gasteiger partial charge in [0.05, 0.1) is 6.54 Å². The fraction of sp³-hybridized carbons (Fsp3) is 0.267. The van der Waals surface area contributed by atoms with E-state index in [0.29, 0.717) is 12.3 Å². The van der Waals surface area contributed by atoms with Gasteiger partial charge in [-0.2, -0.15) is 0 Å². The van der Waals surface area contributed by atoms with Crippen LogP contribution in [0.4, 0.5) is 5.69 Å². The third-order valence-electron chi connectivity index (χ3n) is 3.42. The van der Waals surface area contributed by atoms with Gasteiger partial charge in [0.2, 0.25) is 5.43 Å². The first-order valence-corrected chi connectivity index (χ1v) is 6.37. The molecule has 0 saturated carbocycles. The summed E-state index contributed by atoms with van der Waals surface area (Å²) in [5.74, 6) is 0.224. The zero-order valence-corrected chi connectivity index (χ0v) is 10.5. The largest absolute Gasteiger partial charge is 0.502 e. The van der Waals surface area contributed by atoms with Gasteiger partial charge in [-0.15, -0.1) is 0 Å². The topological polar surface area (TPSA) is 53.7 Å². The van der Waals surface area contributed by atoms with Crippen LogP contribution in [-0.4, -0.2) is 11.7 Å². The van der Waals surface area contributed by atoms with Crippen molar-refractivity contribution in [3.8, 4) is 5.75 Å². The van der Waals surface area contributed by atoms with Crippen LogP contribution < -0.4 is 10.3 Å². The average Bonchev–Trinajstić information content (AvgIpc) is 2.43. The molecule has 1 aromatic carbocycles. The van der Waals surface area contributed by atoms with Crippen LogP contribution in [0, 0.1) is 0 Å². The van der Waals surface area contributed by atoms with Crippen LogP contribution in [0.2, 0.25) is 0 Å². The molecule has 3 rings (SSSR count). The lowest BCUT2D eigenvalue weighted by Gasteiger charge is -2.30. The van der Waals surface area contributed by atoms with Crippen molar-refractivity contribution in [1.82, 2.24) is 0 Å². The number of anilines is 1.